The molecule has 4 heterocycles. The van der Waals surface area contributed by atoms with E-state index < -0.39 is 6.04 Å². The van der Waals surface area contributed by atoms with Gasteiger partial charge in [-0.15, -0.1) is 0 Å². The first kappa shape index (κ1) is 19.3. The Kier molecular flexibility index (Phi) is 4.69. The smallest absolute Gasteiger partial charge is 0.280 e. The van der Waals surface area contributed by atoms with E-state index in [1.54, 1.807) is 11.6 Å². The quantitative estimate of drug-likeness (QED) is 0.513. The van der Waals surface area contributed by atoms with Crippen molar-refractivity contribution in [3.8, 4) is 11.5 Å². The molecule has 1 fully saturated rings. The molecule has 8 heteroatoms. The number of nitrogens with zero attached hydrogens (tertiary/aromatic N) is 6. The van der Waals surface area contributed by atoms with Crippen LogP contribution >= 0.6 is 0 Å². The van der Waals surface area contributed by atoms with Crippen LogP contribution in [0.5, 0.6) is 0 Å². The van der Waals surface area contributed by atoms with Crippen LogP contribution in [0.25, 0.3) is 22.4 Å². The molecule has 0 N–H and O–H groups in total. The minimum Gasteiger partial charge on any atom is -0.341 e. The van der Waals surface area contributed by atoms with E-state index in [-0.39, 0.29) is 11.5 Å². The van der Waals surface area contributed by atoms with Crippen molar-refractivity contribution in [2.24, 2.45) is 0 Å². The van der Waals surface area contributed by atoms with E-state index >= 15 is 0 Å². The van der Waals surface area contributed by atoms with Crippen LogP contribution in [0.15, 0.2) is 59.7 Å². The first-order valence-electron chi connectivity index (χ1n) is 10.6. The van der Waals surface area contributed by atoms with E-state index in [0.717, 1.165) is 31.6 Å². The van der Waals surface area contributed by atoms with Crippen LogP contribution in [0.1, 0.15) is 31.5 Å². The topological polar surface area (TPSA) is 78.0 Å². The second kappa shape index (κ2) is 7.54. The lowest BCUT2D eigenvalue weighted by Gasteiger charge is -2.21. The molecule has 1 amide bonds. The van der Waals surface area contributed by atoms with Crippen molar-refractivity contribution in [2.75, 3.05) is 13.1 Å². The predicted molar refractivity (Wildman–Crippen MR) is 118 cm³/mol. The molecule has 1 aliphatic heterocycles. The maximum absolute atomic E-state index is 13.7. The highest BCUT2D eigenvalue weighted by molar-refractivity contribution is 5.88. The fourth-order valence-corrected chi connectivity index (χ4v) is 4.26. The summed E-state index contributed by atoms with van der Waals surface area (Å²) in [6.07, 6.45) is 5.77. The van der Waals surface area contributed by atoms with Crippen molar-refractivity contribution in [3.63, 3.8) is 0 Å². The summed E-state index contributed by atoms with van der Waals surface area (Å²) < 4.78 is 4.96. The number of aryl methyl sites for hydroxylation is 1. The number of benzene rings is 1. The molecule has 8 nitrogen and oxygen atoms in total. The third kappa shape index (κ3) is 3.15. The van der Waals surface area contributed by atoms with Crippen LogP contribution in [0.4, 0.5) is 0 Å². The van der Waals surface area contributed by atoms with E-state index in [1.165, 1.54) is 4.68 Å². The third-order valence-corrected chi connectivity index (χ3v) is 5.88. The van der Waals surface area contributed by atoms with Crippen LogP contribution in [-0.2, 0) is 4.79 Å². The van der Waals surface area contributed by atoms with Crippen molar-refractivity contribution < 1.29 is 4.79 Å². The Balaban J connectivity index is 1.75. The molecule has 0 bridgehead atoms. The Morgan fingerprint density at radius 3 is 2.35 bits per heavy atom. The normalized spacial score (nSPS) is 15.0. The van der Waals surface area contributed by atoms with Gasteiger partial charge in [0.25, 0.3) is 5.56 Å². The summed E-state index contributed by atoms with van der Waals surface area (Å²) in [6.45, 7) is 5.05. The molecular formula is C23H24N6O2. The number of likely N-dealkylation sites (tertiary alicyclic amines) is 1. The van der Waals surface area contributed by atoms with Gasteiger partial charge in [0.05, 0.1) is 11.4 Å². The highest BCUT2D eigenvalue weighted by atomic mass is 16.2. The third-order valence-electron chi connectivity index (χ3n) is 5.88. The maximum atomic E-state index is 13.7. The van der Waals surface area contributed by atoms with Crippen molar-refractivity contribution in [3.05, 3.63) is 70.9 Å². The summed E-state index contributed by atoms with van der Waals surface area (Å²) in [5.41, 5.74) is 1.67. The summed E-state index contributed by atoms with van der Waals surface area (Å²) in [6, 6.07) is 12.8. The Morgan fingerprint density at radius 2 is 1.68 bits per heavy atom. The van der Waals surface area contributed by atoms with Crippen molar-refractivity contribution >= 4 is 16.8 Å². The average molecular weight is 416 g/mol. The van der Waals surface area contributed by atoms with E-state index in [1.807, 2.05) is 71.2 Å². The van der Waals surface area contributed by atoms with Crippen LogP contribution in [0.3, 0.4) is 0 Å². The van der Waals surface area contributed by atoms with Gasteiger partial charge in [0.1, 0.15) is 16.9 Å². The van der Waals surface area contributed by atoms with Crippen molar-refractivity contribution in [2.45, 2.75) is 32.7 Å². The van der Waals surface area contributed by atoms with Gasteiger partial charge in [0.15, 0.2) is 5.82 Å². The minimum atomic E-state index is -0.675. The molecule has 1 atom stereocenters. The summed E-state index contributed by atoms with van der Waals surface area (Å²) in [5.74, 6) is 0.570. The second-order valence-electron chi connectivity index (χ2n) is 7.93. The van der Waals surface area contributed by atoms with Crippen molar-refractivity contribution in [1.29, 1.82) is 0 Å². The van der Waals surface area contributed by atoms with Gasteiger partial charge in [-0.3, -0.25) is 9.59 Å². The summed E-state index contributed by atoms with van der Waals surface area (Å²) >= 11 is 0. The zero-order chi connectivity index (χ0) is 21.5. The minimum absolute atomic E-state index is 0.0659. The van der Waals surface area contributed by atoms with Crippen molar-refractivity contribution in [1.82, 2.24) is 29.0 Å². The van der Waals surface area contributed by atoms with Gasteiger partial charge in [-0.25, -0.2) is 9.36 Å². The zero-order valence-electron chi connectivity index (χ0n) is 17.6. The molecule has 0 radical (unpaired) electrons. The van der Waals surface area contributed by atoms with Gasteiger partial charge in [-0.1, -0.05) is 18.2 Å². The van der Waals surface area contributed by atoms with E-state index in [2.05, 4.69) is 5.10 Å². The van der Waals surface area contributed by atoms with E-state index in [9.17, 15) is 9.59 Å². The first-order chi connectivity index (χ1) is 15.1. The molecule has 3 aromatic heterocycles. The summed E-state index contributed by atoms with van der Waals surface area (Å²) in [4.78, 5) is 28.5. The Hall–Kier alpha value is -3.68. The number of hydrogen-bond donors (Lipinski definition) is 0. The number of amides is 1. The summed E-state index contributed by atoms with van der Waals surface area (Å²) in [5, 5.41) is 9.69. The highest BCUT2D eigenvalue weighted by Gasteiger charge is 2.29. The van der Waals surface area contributed by atoms with Gasteiger partial charge >= 0.3 is 0 Å². The Bertz CT molecular complexity index is 1300. The molecule has 0 unspecified atom stereocenters. The lowest BCUT2D eigenvalue weighted by molar-refractivity contribution is -0.133. The average Bonchev–Trinajstić information content (AvgIpc) is 3.55. The fraction of sp³-hybridized carbons (Fsp3) is 0.304. The number of aromatic nitrogens is 5. The maximum Gasteiger partial charge on any atom is 0.280 e. The molecule has 31 heavy (non-hydrogen) atoms. The first-order valence-corrected chi connectivity index (χ1v) is 10.6. The largest absolute Gasteiger partial charge is 0.341 e. The standard InChI is InChI=1S/C23H24N6O2/c1-16-20-19(23(31)28(24-16)17(2)22(30)27-14-8-9-15-27)21(26-12-6-7-13-26)29(25-20)18-10-4-3-5-11-18/h3-7,10-13,17H,8-9,14-15H2,1-2H3/t17-/m1/s1. The number of para-hydroxylation sites is 1. The highest BCUT2D eigenvalue weighted by Crippen LogP contribution is 2.25. The monoisotopic (exact) mass is 416 g/mol. The predicted octanol–water partition coefficient (Wildman–Crippen LogP) is 2.86. The molecule has 0 saturated carbocycles. The van der Waals surface area contributed by atoms with E-state index in [0.29, 0.717) is 22.4 Å². The number of fused-ring (bicyclic) bond motifs is 1. The molecule has 1 aliphatic rings. The Morgan fingerprint density at radius 1 is 1.00 bits per heavy atom. The molecule has 1 saturated heterocycles. The number of rotatable bonds is 4. The number of carbonyl (C=O) groups excluding carboxylic acids is 1. The van der Waals surface area contributed by atoms with Gasteiger partial charge in [-0.05, 0) is 51.0 Å². The molecule has 158 valence electrons. The lowest BCUT2D eigenvalue weighted by Crippen LogP contribution is -2.39. The van der Waals surface area contributed by atoms with Crippen LogP contribution in [0.2, 0.25) is 0 Å². The number of hydrogen-bond acceptors (Lipinski definition) is 4. The van der Waals surface area contributed by atoms with Gasteiger partial charge in [0, 0.05) is 25.5 Å². The van der Waals surface area contributed by atoms with Crippen LogP contribution in [-0.4, -0.2) is 48.0 Å². The van der Waals surface area contributed by atoms with Gasteiger partial charge < -0.3 is 9.47 Å². The van der Waals surface area contributed by atoms with Crippen LogP contribution in [0, 0.1) is 6.92 Å². The van der Waals surface area contributed by atoms with Crippen LogP contribution < -0.4 is 5.56 Å². The Labute approximate surface area is 179 Å². The molecule has 4 aromatic rings. The summed E-state index contributed by atoms with van der Waals surface area (Å²) in [7, 11) is 0. The molecule has 5 rings (SSSR count). The zero-order valence-corrected chi connectivity index (χ0v) is 17.6. The lowest BCUT2D eigenvalue weighted by atomic mass is 10.2. The second-order valence-corrected chi connectivity index (χ2v) is 7.93. The molecular weight excluding hydrogens is 392 g/mol. The number of carbonyl (C=O) groups is 1. The van der Waals surface area contributed by atoms with E-state index in [4.69, 9.17) is 5.10 Å². The SMILES string of the molecule is Cc1nn([C@H](C)C(=O)N2CCCC2)c(=O)c2c(-n3cccc3)n(-c3ccccc3)nc12. The molecule has 1 aromatic carbocycles. The molecule has 0 spiro atoms. The fourth-order valence-electron chi connectivity index (χ4n) is 4.26. The van der Waals surface area contributed by atoms with Gasteiger partial charge in [-0.2, -0.15) is 10.2 Å². The van der Waals surface area contributed by atoms with Gasteiger partial charge in [0.2, 0.25) is 5.91 Å². The molecule has 0 aliphatic carbocycles.